The first kappa shape index (κ1) is 50.4. The molecule has 4 aromatic heterocycles. The minimum absolute atomic E-state index is 0.0553. The number of thiophene rings is 1. The number of piperidine rings is 1. The zero-order chi connectivity index (χ0) is 47.8. The van der Waals surface area contributed by atoms with E-state index in [0.717, 1.165) is 97.6 Å². The molecule has 0 bridgehead atoms. The monoisotopic (exact) mass is 987 g/mol. The van der Waals surface area contributed by atoms with Gasteiger partial charge >= 0.3 is 0 Å². The number of aromatic nitrogens is 3. The first-order chi connectivity index (χ1) is 33.8. The smallest absolute Gasteiger partial charge is 0.254 e. The van der Waals surface area contributed by atoms with Crippen molar-refractivity contribution >= 4 is 50.5 Å². The summed E-state index contributed by atoms with van der Waals surface area (Å²) in [4.78, 5) is 54.1. The summed E-state index contributed by atoms with van der Waals surface area (Å²) in [5, 5.41) is 14.7. The summed E-state index contributed by atoms with van der Waals surface area (Å²) in [7, 11) is 1.74. The number of pyridine rings is 1. The number of ketones is 1. The molecule has 0 radical (unpaired) electrons. The van der Waals surface area contributed by atoms with Gasteiger partial charge in [-0.1, -0.05) is 31.4 Å². The highest BCUT2D eigenvalue weighted by atomic mass is 32.1. The quantitative estimate of drug-likeness (QED) is 0.0432. The van der Waals surface area contributed by atoms with E-state index in [-0.39, 0.29) is 35.7 Å². The molecular weight excluding hydrogens is 923 g/mol. The van der Waals surface area contributed by atoms with E-state index in [1.807, 2.05) is 28.5 Å². The summed E-state index contributed by atoms with van der Waals surface area (Å²) in [6.45, 7) is 7.92. The summed E-state index contributed by atoms with van der Waals surface area (Å²) < 4.78 is 41.5. The molecule has 3 atom stereocenters. The average molecular weight is 988 g/mol. The number of hydrogen-bond donors (Lipinski definition) is 2. The second kappa shape index (κ2) is 25.7. The van der Waals surface area contributed by atoms with Crippen LogP contribution in [0.15, 0.2) is 63.9 Å². The normalized spacial score (nSPS) is 18.1. The zero-order valence-electron chi connectivity index (χ0n) is 39.6. The van der Waals surface area contributed by atoms with Gasteiger partial charge < -0.3 is 48.5 Å². The number of likely N-dealkylation sites (tertiary alicyclic amines) is 2. The molecule has 69 heavy (non-hydrogen) atoms. The molecule has 2 N–H and O–H groups in total. The van der Waals surface area contributed by atoms with Crippen LogP contribution in [-0.2, 0) is 30.3 Å². The summed E-state index contributed by atoms with van der Waals surface area (Å²) in [5.41, 5.74) is 1.78. The molecule has 17 nitrogen and oxygen atoms in total. The van der Waals surface area contributed by atoms with Gasteiger partial charge in [-0.3, -0.25) is 24.3 Å². The van der Waals surface area contributed by atoms with Crippen LogP contribution in [0, 0.1) is 5.92 Å². The van der Waals surface area contributed by atoms with Gasteiger partial charge in [0.05, 0.1) is 68.5 Å². The van der Waals surface area contributed by atoms with Crippen molar-refractivity contribution in [2.75, 3.05) is 79.5 Å². The lowest BCUT2D eigenvalue weighted by Gasteiger charge is -2.35. The second-order valence-corrected chi connectivity index (χ2v) is 19.5. The Kier molecular flexibility index (Phi) is 18.8. The van der Waals surface area contributed by atoms with Gasteiger partial charge in [0, 0.05) is 42.8 Å². The van der Waals surface area contributed by atoms with Crippen LogP contribution in [0.2, 0.25) is 0 Å². The maximum absolute atomic E-state index is 14.2. The first-order valence-corrected chi connectivity index (χ1v) is 26.1. The molecule has 0 spiro atoms. The van der Waals surface area contributed by atoms with Crippen molar-refractivity contribution in [2.24, 2.45) is 5.92 Å². The van der Waals surface area contributed by atoms with Gasteiger partial charge in [0.15, 0.2) is 5.76 Å². The Bertz CT molecular complexity index is 2400. The minimum atomic E-state index is -0.576. The number of carbonyl (C=O) groups is 3. The molecule has 2 aliphatic heterocycles. The van der Waals surface area contributed by atoms with E-state index < -0.39 is 12.1 Å². The molecule has 1 aliphatic carbocycles. The molecule has 19 heteroatoms. The number of hydrogen-bond acceptors (Lipinski definition) is 17. The lowest BCUT2D eigenvalue weighted by Crippen LogP contribution is -2.55. The van der Waals surface area contributed by atoms with Crippen LogP contribution < -0.4 is 24.8 Å². The van der Waals surface area contributed by atoms with Crippen LogP contribution in [0.5, 0.6) is 17.4 Å². The lowest BCUT2D eigenvalue weighted by molar-refractivity contribution is -0.139. The van der Waals surface area contributed by atoms with Crippen LogP contribution >= 0.6 is 22.7 Å². The van der Waals surface area contributed by atoms with Crippen molar-refractivity contribution in [1.82, 2.24) is 35.6 Å². The topological polar surface area (TPSA) is 189 Å². The Morgan fingerprint density at radius 2 is 1.59 bits per heavy atom. The zero-order valence-corrected chi connectivity index (χ0v) is 41.3. The maximum Gasteiger partial charge on any atom is 0.254 e. The van der Waals surface area contributed by atoms with Crippen LogP contribution in [0.25, 0.3) is 10.2 Å². The van der Waals surface area contributed by atoms with Crippen molar-refractivity contribution in [3.63, 3.8) is 0 Å². The minimum Gasteiger partial charge on any atom is -0.491 e. The lowest BCUT2D eigenvalue weighted by atomic mass is 9.83. The fourth-order valence-electron chi connectivity index (χ4n) is 9.07. The van der Waals surface area contributed by atoms with Crippen molar-refractivity contribution in [1.29, 1.82) is 0 Å². The highest BCUT2D eigenvalue weighted by Gasteiger charge is 2.40. The van der Waals surface area contributed by atoms with Crippen molar-refractivity contribution < 1.29 is 47.3 Å². The number of rotatable bonds is 26. The van der Waals surface area contributed by atoms with E-state index in [9.17, 15) is 14.4 Å². The van der Waals surface area contributed by atoms with Gasteiger partial charge in [0.25, 0.3) is 5.88 Å². The molecule has 2 saturated heterocycles. The summed E-state index contributed by atoms with van der Waals surface area (Å²) in [5.74, 6) is 2.33. The third-order valence-corrected chi connectivity index (χ3v) is 14.8. The van der Waals surface area contributed by atoms with Crippen molar-refractivity contribution in [2.45, 2.75) is 95.5 Å². The molecule has 3 fully saturated rings. The molecule has 2 amide bonds. The molecule has 6 heterocycles. The van der Waals surface area contributed by atoms with Crippen molar-refractivity contribution in [3.8, 4) is 17.4 Å². The molecule has 8 rings (SSSR count). The number of nitrogens with one attached hydrogen (secondary N) is 2. The van der Waals surface area contributed by atoms with Crippen LogP contribution in [0.3, 0.4) is 0 Å². The summed E-state index contributed by atoms with van der Waals surface area (Å²) in [6.07, 6.45) is 10.5. The van der Waals surface area contributed by atoms with E-state index in [2.05, 4.69) is 25.7 Å². The number of fused-ring (bicyclic) bond motifs is 1. The maximum atomic E-state index is 14.2. The van der Waals surface area contributed by atoms with Crippen molar-refractivity contribution in [3.05, 3.63) is 81.4 Å². The van der Waals surface area contributed by atoms with Gasteiger partial charge in [-0.25, -0.2) is 4.98 Å². The molecular formula is C50H65N7O10S2. The van der Waals surface area contributed by atoms with E-state index in [4.69, 9.17) is 37.9 Å². The number of carbonyl (C=O) groups excluding carboxylic acids is 3. The highest BCUT2D eigenvalue weighted by Crippen LogP contribution is 2.37. The van der Waals surface area contributed by atoms with Crippen LogP contribution in [-0.4, -0.2) is 140 Å². The third kappa shape index (κ3) is 14.1. The Balaban J connectivity index is 0.663. The van der Waals surface area contributed by atoms with E-state index in [1.54, 1.807) is 61.2 Å². The van der Waals surface area contributed by atoms with Crippen LogP contribution in [0.1, 0.15) is 97.6 Å². The Morgan fingerprint density at radius 1 is 0.841 bits per heavy atom. The predicted octanol–water partition coefficient (Wildman–Crippen LogP) is 6.86. The van der Waals surface area contributed by atoms with Gasteiger partial charge in [0.2, 0.25) is 17.6 Å². The van der Waals surface area contributed by atoms with Crippen LogP contribution in [0.4, 0.5) is 0 Å². The first-order valence-electron chi connectivity index (χ1n) is 24.4. The number of nitrogens with zero attached hydrogens (tertiary/aromatic N) is 5. The SMILES string of the molecule is CN[C@@H](C)C(=O)N[C@H](C(=O)N1CCC[C@H]1c1nc(C(=O)c2cccc(OCCOCCOCCOCCOc3cc(CN4CCC(Oc5ccnc6ccsc56)CC4)on3)c2)cs1)C1CCCCC1. The number of amides is 2. The third-order valence-electron chi connectivity index (χ3n) is 13.0. The van der Waals surface area contributed by atoms with E-state index in [1.165, 1.54) is 11.3 Å². The Morgan fingerprint density at radius 3 is 2.36 bits per heavy atom. The van der Waals surface area contributed by atoms with Gasteiger partial charge in [-0.15, -0.1) is 22.7 Å². The van der Waals surface area contributed by atoms with E-state index in [0.29, 0.717) is 88.8 Å². The Labute approximate surface area is 411 Å². The summed E-state index contributed by atoms with van der Waals surface area (Å²) >= 11 is 3.06. The standard InChI is InChI=1S/C50H65N7O10S2/c1-34(51-2)48(59)54-45(35-8-4-3-5-9-35)50(60)57-18-7-12-42(57)49-53-41(33-69-49)46(58)36-10-6-11-38(30-36)64-27-25-62-23-21-61-22-24-63-26-28-65-44-31-39(67-55-44)32-56-19-14-37(15-20-56)66-43-13-17-52-40-16-29-68-47(40)43/h6,10-11,13,16-17,29-31,33-35,37,42,45,51H,3-5,7-9,12,14-15,18-28,32H2,1-2H3,(H,54,59)/t34-,42-,45-/m0/s1. The number of ether oxygens (including phenoxy) is 6. The molecule has 3 aliphatic rings. The molecule has 5 aromatic rings. The number of thiazole rings is 1. The molecule has 372 valence electrons. The average Bonchev–Trinajstić information content (AvgIpc) is 4.24. The number of benzene rings is 1. The summed E-state index contributed by atoms with van der Waals surface area (Å²) in [6, 6.07) is 11.6. The Hall–Kier alpha value is -5.02. The molecule has 0 unspecified atom stereocenters. The number of likely N-dealkylation sites (N-methyl/N-ethyl adjacent to an activating group) is 1. The highest BCUT2D eigenvalue weighted by molar-refractivity contribution is 7.17. The molecule has 1 saturated carbocycles. The fraction of sp³-hybridized carbons (Fsp3) is 0.560. The fourth-order valence-corrected chi connectivity index (χ4v) is 10.8. The van der Waals surface area contributed by atoms with Gasteiger partial charge in [-0.2, -0.15) is 0 Å². The van der Waals surface area contributed by atoms with Gasteiger partial charge in [-0.05, 0) is 93.2 Å². The largest absolute Gasteiger partial charge is 0.491 e. The molecule has 1 aromatic carbocycles. The van der Waals surface area contributed by atoms with E-state index >= 15 is 0 Å². The van der Waals surface area contributed by atoms with Gasteiger partial charge in [0.1, 0.15) is 47.6 Å². The predicted molar refractivity (Wildman–Crippen MR) is 261 cm³/mol. The second-order valence-electron chi connectivity index (χ2n) is 17.7.